The summed E-state index contributed by atoms with van der Waals surface area (Å²) in [5.41, 5.74) is 0.604. The number of likely N-dealkylation sites (tertiary alicyclic amines) is 1. The first-order valence-electron chi connectivity index (χ1n) is 7.12. The Labute approximate surface area is 99.8 Å². The molecule has 3 aliphatic rings. The first-order valence-corrected chi connectivity index (χ1v) is 7.12. The highest BCUT2D eigenvalue weighted by atomic mass is 15.2. The van der Waals surface area contributed by atoms with Gasteiger partial charge in [0.1, 0.15) is 0 Å². The van der Waals surface area contributed by atoms with Gasteiger partial charge in [-0.25, -0.2) is 0 Å². The lowest BCUT2D eigenvalue weighted by atomic mass is 9.91. The molecule has 2 heteroatoms. The van der Waals surface area contributed by atoms with Crippen LogP contribution < -0.4 is 5.32 Å². The van der Waals surface area contributed by atoms with Gasteiger partial charge in [0.25, 0.3) is 0 Å². The summed E-state index contributed by atoms with van der Waals surface area (Å²) in [6.07, 6.45) is 8.51. The van der Waals surface area contributed by atoms with Crippen LogP contribution in [0.25, 0.3) is 0 Å². The lowest BCUT2D eigenvalue weighted by Gasteiger charge is -2.25. The maximum atomic E-state index is 3.79. The lowest BCUT2D eigenvalue weighted by molar-refractivity contribution is 0.222. The molecule has 2 nitrogen and oxygen atoms in total. The molecule has 1 aliphatic heterocycles. The van der Waals surface area contributed by atoms with Crippen LogP contribution >= 0.6 is 0 Å². The van der Waals surface area contributed by atoms with Crippen LogP contribution in [-0.2, 0) is 0 Å². The number of rotatable bonds is 3. The Hall–Kier alpha value is -0.0800. The van der Waals surface area contributed by atoms with Crippen molar-refractivity contribution in [3.63, 3.8) is 0 Å². The summed E-state index contributed by atoms with van der Waals surface area (Å²) in [5, 5.41) is 3.79. The predicted molar refractivity (Wildman–Crippen MR) is 67.6 cm³/mol. The second kappa shape index (κ2) is 3.99. The van der Waals surface area contributed by atoms with Gasteiger partial charge in [0.15, 0.2) is 0 Å². The fourth-order valence-electron chi connectivity index (χ4n) is 3.55. The Morgan fingerprint density at radius 1 is 1.06 bits per heavy atom. The standard InChI is InChI=1S/C14H26N2/c1-14(2)7-5-13(9-14)16-8-6-12(10-16)15-11-3-4-11/h11-13,15H,3-10H2,1-2H3. The number of nitrogens with one attached hydrogen (secondary N) is 1. The van der Waals surface area contributed by atoms with Crippen LogP contribution in [0.2, 0.25) is 0 Å². The van der Waals surface area contributed by atoms with Crippen LogP contribution in [0.5, 0.6) is 0 Å². The van der Waals surface area contributed by atoms with Crippen molar-refractivity contribution >= 4 is 0 Å². The summed E-state index contributed by atoms with van der Waals surface area (Å²) in [6.45, 7) is 7.52. The molecule has 0 amide bonds. The molecule has 92 valence electrons. The molecule has 0 aromatic carbocycles. The van der Waals surface area contributed by atoms with Crippen LogP contribution in [-0.4, -0.2) is 36.1 Å². The van der Waals surface area contributed by atoms with Crippen molar-refractivity contribution in [3.8, 4) is 0 Å². The van der Waals surface area contributed by atoms with E-state index in [9.17, 15) is 0 Å². The summed E-state index contributed by atoms with van der Waals surface area (Å²) in [4.78, 5) is 2.76. The summed E-state index contributed by atoms with van der Waals surface area (Å²) in [6, 6.07) is 2.57. The van der Waals surface area contributed by atoms with Gasteiger partial charge >= 0.3 is 0 Å². The average molecular weight is 222 g/mol. The highest BCUT2D eigenvalue weighted by Gasteiger charge is 2.38. The minimum atomic E-state index is 0.604. The number of hydrogen-bond donors (Lipinski definition) is 1. The average Bonchev–Trinajstić information content (AvgIpc) is 2.76. The van der Waals surface area contributed by atoms with E-state index in [2.05, 4.69) is 24.1 Å². The Kier molecular flexibility index (Phi) is 2.75. The molecule has 1 heterocycles. The SMILES string of the molecule is CC1(C)CCC(N2CCC(NC3CC3)C2)C1. The molecule has 1 saturated heterocycles. The Balaban J connectivity index is 1.49. The first kappa shape index (κ1) is 11.0. The molecule has 0 radical (unpaired) electrons. The second-order valence-electron chi connectivity index (χ2n) is 6.98. The maximum Gasteiger partial charge on any atom is 0.0209 e. The lowest BCUT2D eigenvalue weighted by Crippen LogP contribution is -2.37. The summed E-state index contributed by atoms with van der Waals surface area (Å²) in [7, 11) is 0. The molecule has 2 atom stereocenters. The fourth-order valence-corrected chi connectivity index (χ4v) is 3.55. The van der Waals surface area contributed by atoms with Crippen LogP contribution in [0.3, 0.4) is 0 Å². The molecule has 0 aromatic heterocycles. The zero-order valence-electron chi connectivity index (χ0n) is 10.8. The van der Waals surface area contributed by atoms with E-state index in [-0.39, 0.29) is 0 Å². The van der Waals surface area contributed by atoms with Crippen LogP contribution in [0.4, 0.5) is 0 Å². The van der Waals surface area contributed by atoms with E-state index in [0.29, 0.717) is 5.41 Å². The van der Waals surface area contributed by atoms with Gasteiger partial charge in [-0.3, -0.25) is 4.90 Å². The molecule has 2 saturated carbocycles. The molecule has 1 N–H and O–H groups in total. The highest BCUT2D eigenvalue weighted by Crippen LogP contribution is 2.40. The first-order chi connectivity index (χ1) is 7.62. The molecule has 0 spiro atoms. The zero-order chi connectivity index (χ0) is 11.2. The predicted octanol–water partition coefficient (Wildman–Crippen LogP) is 2.39. The second-order valence-corrected chi connectivity index (χ2v) is 6.98. The van der Waals surface area contributed by atoms with Crippen LogP contribution in [0.15, 0.2) is 0 Å². The normalized spacial score (nSPS) is 39.4. The number of nitrogens with zero attached hydrogens (tertiary/aromatic N) is 1. The van der Waals surface area contributed by atoms with Gasteiger partial charge in [0.2, 0.25) is 0 Å². The van der Waals surface area contributed by atoms with Gasteiger partial charge < -0.3 is 5.32 Å². The van der Waals surface area contributed by atoms with Crippen molar-refractivity contribution in [1.29, 1.82) is 0 Å². The van der Waals surface area contributed by atoms with E-state index in [1.54, 1.807) is 0 Å². The molecule has 0 bridgehead atoms. The highest BCUT2D eigenvalue weighted by molar-refractivity contribution is 4.94. The zero-order valence-corrected chi connectivity index (χ0v) is 10.8. The number of hydrogen-bond acceptors (Lipinski definition) is 2. The third-order valence-electron chi connectivity index (χ3n) is 4.73. The van der Waals surface area contributed by atoms with Crippen molar-refractivity contribution in [2.75, 3.05) is 13.1 Å². The van der Waals surface area contributed by atoms with E-state index < -0.39 is 0 Å². The molecule has 3 fully saturated rings. The molecule has 2 unspecified atom stereocenters. The van der Waals surface area contributed by atoms with Crippen molar-refractivity contribution in [2.24, 2.45) is 5.41 Å². The summed E-state index contributed by atoms with van der Waals surface area (Å²) in [5.74, 6) is 0. The van der Waals surface area contributed by atoms with E-state index in [1.165, 1.54) is 51.6 Å². The van der Waals surface area contributed by atoms with Crippen molar-refractivity contribution in [3.05, 3.63) is 0 Å². The monoisotopic (exact) mass is 222 g/mol. The van der Waals surface area contributed by atoms with Gasteiger partial charge in [-0.15, -0.1) is 0 Å². The van der Waals surface area contributed by atoms with Crippen molar-refractivity contribution < 1.29 is 0 Å². The van der Waals surface area contributed by atoms with Crippen molar-refractivity contribution in [2.45, 2.75) is 70.5 Å². The third-order valence-corrected chi connectivity index (χ3v) is 4.73. The Morgan fingerprint density at radius 2 is 1.88 bits per heavy atom. The van der Waals surface area contributed by atoms with Crippen molar-refractivity contribution in [1.82, 2.24) is 10.2 Å². The molecular weight excluding hydrogens is 196 g/mol. The Morgan fingerprint density at radius 3 is 2.50 bits per heavy atom. The third kappa shape index (κ3) is 2.43. The molecule has 16 heavy (non-hydrogen) atoms. The molecule has 0 aromatic rings. The van der Waals surface area contributed by atoms with E-state index in [1.807, 2.05) is 0 Å². The van der Waals surface area contributed by atoms with Gasteiger partial charge in [0, 0.05) is 31.2 Å². The maximum absolute atomic E-state index is 3.79. The van der Waals surface area contributed by atoms with E-state index in [0.717, 1.165) is 18.1 Å². The largest absolute Gasteiger partial charge is 0.310 e. The van der Waals surface area contributed by atoms with Crippen LogP contribution in [0.1, 0.15) is 52.4 Å². The van der Waals surface area contributed by atoms with Crippen LogP contribution in [0, 0.1) is 5.41 Å². The van der Waals surface area contributed by atoms with Gasteiger partial charge in [-0.1, -0.05) is 13.8 Å². The molecular formula is C14H26N2. The molecule has 2 aliphatic carbocycles. The van der Waals surface area contributed by atoms with Gasteiger partial charge in [-0.05, 0) is 43.9 Å². The smallest absolute Gasteiger partial charge is 0.0209 e. The van der Waals surface area contributed by atoms with Gasteiger partial charge in [-0.2, -0.15) is 0 Å². The minimum absolute atomic E-state index is 0.604. The Bertz CT molecular complexity index is 257. The topological polar surface area (TPSA) is 15.3 Å². The minimum Gasteiger partial charge on any atom is -0.310 e. The van der Waals surface area contributed by atoms with Gasteiger partial charge in [0.05, 0.1) is 0 Å². The quantitative estimate of drug-likeness (QED) is 0.789. The summed E-state index contributed by atoms with van der Waals surface area (Å²) < 4.78 is 0. The fraction of sp³-hybridized carbons (Fsp3) is 1.00. The van der Waals surface area contributed by atoms with E-state index in [4.69, 9.17) is 0 Å². The van der Waals surface area contributed by atoms with E-state index >= 15 is 0 Å². The summed E-state index contributed by atoms with van der Waals surface area (Å²) >= 11 is 0. The molecule has 3 rings (SSSR count).